The molecular weight excluding hydrogens is 310 g/mol. The van der Waals surface area contributed by atoms with E-state index in [1.165, 1.54) is 23.5 Å². The maximum atomic E-state index is 12.5. The fourth-order valence-corrected chi connectivity index (χ4v) is 3.14. The molecule has 0 heterocycles. The maximum Gasteiger partial charge on any atom is 0.243 e. The molecule has 0 fully saturated rings. The number of sulfonamides is 1. The summed E-state index contributed by atoms with van der Waals surface area (Å²) in [5, 5.41) is 0.624. The monoisotopic (exact) mass is 325 g/mol. The van der Waals surface area contributed by atoms with Gasteiger partial charge in [-0.1, -0.05) is 23.7 Å². The van der Waals surface area contributed by atoms with Crippen molar-refractivity contribution in [2.45, 2.75) is 11.4 Å². The van der Waals surface area contributed by atoms with Gasteiger partial charge in [0.15, 0.2) is 0 Å². The van der Waals surface area contributed by atoms with Gasteiger partial charge in [0.1, 0.15) is 5.75 Å². The molecule has 0 aliphatic heterocycles. The van der Waals surface area contributed by atoms with Crippen molar-refractivity contribution in [3.63, 3.8) is 0 Å². The van der Waals surface area contributed by atoms with Gasteiger partial charge in [-0.15, -0.1) is 0 Å². The minimum absolute atomic E-state index is 0.236. The molecule has 112 valence electrons. The summed E-state index contributed by atoms with van der Waals surface area (Å²) in [6, 6.07) is 13.4. The van der Waals surface area contributed by atoms with E-state index in [0.29, 0.717) is 10.8 Å². The number of ether oxygens (including phenoxy) is 1. The quantitative estimate of drug-likeness (QED) is 0.848. The van der Waals surface area contributed by atoms with Gasteiger partial charge in [-0.2, -0.15) is 4.31 Å². The van der Waals surface area contributed by atoms with E-state index in [-0.39, 0.29) is 11.4 Å². The second-order valence-corrected chi connectivity index (χ2v) is 7.04. The highest BCUT2D eigenvalue weighted by molar-refractivity contribution is 7.89. The van der Waals surface area contributed by atoms with Crippen LogP contribution in [-0.2, 0) is 16.6 Å². The Hall–Kier alpha value is -1.56. The lowest BCUT2D eigenvalue weighted by Gasteiger charge is -2.17. The van der Waals surface area contributed by atoms with Gasteiger partial charge in [0.05, 0.1) is 12.0 Å². The van der Waals surface area contributed by atoms with Gasteiger partial charge in [0.25, 0.3) is 0 Å². The van der Waals surface area contributed by atoms with Gasteiger partial charge in [-0.05, 0) is 42.0 Å². The van der Waals surface area contributed by atoms with Crippen LogP contribution in [0.15, 0.2) is 53.4 Å². The van der Waals surface area contributed by atoms with Crippen molar-refractivity contribution in [2.75, 3.05) is 14.2 Å². The number of hydrogen-bond acceptors (Lipinski definition) is 3. The molecule has 0 bridgehead atoms. The first kappa shape index (κ1) is 15.8. The molecule has 21 heavy (non-hydrogen) atoms. The third-order valence-electron chi connectivity index (χ3n) is 3.09. The average Bonchev–Trinajstić information content (AvgIpc) is 2.49. The second-order valence-electron chi connectivity index (χ2n) is 4.56. The minimum atomic E-state index is -3.53. The molecule has 0 aliphatic rings. The molecule has 4 nitrogen and oxygen atoms in total. The van der Waals surface area contributed by atoms with E-state index in [0.717, 1.165) is 5.56 Å². The zero-order valence-electron chi connectivity index (χ0n) is 11.8. The number of nitrogens with zero attached hydrogens (tertiary/aromatic N) is 1. The molecule has 0 saturated carbocycles. The molecule has 0 N–H and O–H groups in total. The molecule has 6 heteroatoms. The standard InChI is InChI=1S/C15H16ClNO3S/c1-17(11-12-3-5-13(16)6-4-12)21(18,19)15-9-7-14(20-2)8-10-15/h3-10H,11H2,1-2H3. The summed E-state index contributed by atoms with van der Waals surface area (Å²) in [5.74, 6) is 0.620. The van der Waals surface area contributed by atoms with Crippen LogP contribution in [0.2, 0.25) is 5.02 Å². The lowest BCUT2D eigenvalue weighted by Crippen LogP contribution is -2.26. The van der Waals surface area contributed by atoms with E-state index in [4.69, 9.17) is 16.3 Å². The molecule has 2 aromatic rings. The predicted molar refractivity (Wildman–Crippen MR) is 83.1 cm³/mol. The molecule has 0 atom stereocenters. The summed E-state index contributed by atoms with van der Waals surface area (Å²) in [4.78, 5) is 0.236. The number of benzene rings is 2. The van der Waals surface area contributed by atoms with Crippen LogP contribution < -0.4 is 4.74 Å². The van der Waals surface area contributed by atoms with Gasteiger partial charge in [0.2, 0.25) is 10.0 Å². The maximum absolute atomic E-state index is 12.5. The predicted octanol–water partition coefficient (Wildman–Crippen LogP) is 3.17. The zero-order valence-corrected chi connectivity index (χ0v) is 13.4. The van der Waals surface area contributed by atoms with Crippen molar-refractivity contribution >= 4 is 21.6 Å². The van der Waals surface area contributed by atoms with E-state index in [1.807, 2.05) is 12.1 Å². The molecule has 0 radical (unpaired) electrons. The van der Waals surface area contributed by atoms with Gasteiger partial charge in [0, 0.05) is 18.6 Å². The molecule has 0 aliphatic carbocycles. The number of methoxy groups -OCH3 is 1. The van der Waals surface area contributed by atoms with Gasteiger partial charge in [-0.3, -0.25) is 0 Å². The summed E-state index contributed by atoms with van der Waals surface area (Å²) >= 11 is 5.82. The molecule has 0 amide bonds. The van der Waals surface area contributed by atoms with Gasteiger partial charge < -0.3 is 4.74 Å². The van der Waals surface area contributed by atoms with Crippen LogP contribution in [0.4, 0.5) is 0 Å². The van der Waals surface area contributed by atoms with Crippen LogP contribution in [-0.4, -0.2) is 26.9 Å². The molecule has 0 aromatic heterocycles. The second kappa shape index (κ2) is 6.47. The molecule has 0 saturated heterocycles. The van der Waals surface area contributed by atoms with Crippen molar-refractivity contribution in [3.05, 3.63) is 59.1 Å². The SMILES string of the molecule is COc1ccc(S(=O)(=O)N(C)Cc2ccc(Cl)cc2)cc1. The first-order valence-electron chi connectivity index (χ1n) is 6.28. The van der Waals surface area contributed by atoms with E-state index >= 15 is 0 Å². The minimum Gasteiger partial charge on any atom is -0.497 e. The third kappa shape index (κ3) is 3.75. The number of halogens is 1. The molecule has 2 aromatic carbocycles. The van der Waals surface area contributed by atoms with Crippen LogP contribution in [0, 0.1) is 0 Å². The van der Waals surface area contributed by atoms with Crippen molar-refractivity contribution in [1.82, 2.24) is 4.31 Å². The highest BCUT2D eigenvalue weighted by Crippen LogP contribution is 2.20. The molecule has 0 spiro atoms. The molecular formula is C15H16ClNO3S. The van der Waals surface area contributed by atoms with E-state index in [1.54, 1.807) is 31.3 Å². The van der Waals surface area contributed by atoms with E-state index in [9.17, 15) is 8.42 Å². The van der Waals surface area contributed by atoms with Crippen molar-refractivity contribution in [2.24, 2.45) is 0 Å². The average molecular weight is 326 g/mol. The molecule has 0 unspecified atom stereocenters. The van der Waals surface area contributed by atoms with Crippen molar-refractivity contribution < 1.29 is 13.2 Å². The third-order valence-corrected chi connectivity index (χ3v) is 5.16. The smallest absolute Gasteiger partial charge is 0.243 e. The fraction of sp³-hybridized carbons (Fsp3) is 0.200. The largest absolute Gasteiger partial charge is 0.497 e. The van der Waals surface area contributed by atoms with E-state index in [2.05, 4.69) is 0 Å². The highest BCUT2D eigenvalue weighted by atomic mass is 35.5. The van der Waals surface area contributed by atoms with Crippen molar-refractivity contribution in [3.8, 4) is 5.75 Å². The Morgan fingerprint density at radius 3 is 2.14 bits per heavy atom. The number of rotatable bonds is 5. The van der Waals surface area contributed by atoms with E-state index < -0.39 is 10.0 Å². The Balaban J connectivity index is 2.19. The van der Waals surface area contributed by atoms with Crippen LogP contribution in [0.5, 0.6) is 5.75 Å². The summed E-state index contributed by atoms with van der Waals surface area (Å²) < 4.78 is 31.3. The lowest BCUT2D eigenvalue weighted by molar-refractivity contribution is 0.414. The first-order chi connectivity index (χ1) is 9.93. The zero-order chi connectivity index (χ0) is 15.5. The summed E-state index contributed by atoms with van der Waals surface area (Å²) in [5.41, 5.74) is 0.874. The molecule has 2 rings (SSSR count). The Kier molecular flexibility index (Phi) is 4.88. The Bertz CT molecular complexity index is 697. The van der Waals surface area contributed by atoms with Crippen LogP contribution >= 0.6 is 11.6 Å². The Morgan fingerprint density at radius 1 is 1.05 bits per heavy atom. The normalized spacial score (nSPS) is 11.6. The summed E-state index contributed by atoms with van der Waals surface area (Å²) in [7, 11) is -0.440. The topological polar surface area (TPSA) is 46.6 Å². The van der Waals surface area contributed by atoms with Crippen LogP contribution in [0.1, 0.15) is 5.56 Å². The van der Waals surface area contributed by atoms with Crippen LogP contribution in [0.25, 0.3) is 0 Å². The summed E-state index contributed by atoms with van der Waals surface area (Å²) in [6.45, 7) is 0.283. The van der Waals surface area contributed by atoms with Gasteiger partial charge in [-0.25, -0.2) is 8.42 Å². The van der Waals surface area contributed by atoms with Crippen molar-refractivity contribution in [1.29, 1.82) is 0 Å². The van der Waals surface area contributed by atoms with Crippen LogP contribution in [0.3, 0.4) is 0 Å². The summed E-state index contributed by atoms with van der Waals surface area (Å²) in [6.07, 6.45) is 0. The number of hydrogen-bond donors (Lipinski definition) is 0. The fourth-order valence-electron chi connectivity index (χ4n) is 1.86. The highest BCUT2D eigenvalue weighted by Gasteiger charge is 2.20. The Morgan fingerprint density at radius 2 is 1.62 bits per heavy atom. The lowest BCUT2D eigenvalue weighted by atomic mass is 10.2. The Labute approximate surface area is 130 Å². The first-order valence-corrected chi connectivity index (χ1v) is 8.10. The van der Waals surface area contributed by atoms with Gasteiger partial charge >= 0.3 is 0 Å².